The monoisotopic (exact) mass is 172 g/mol. The molecule has 0 unspecified atom stereocenters. The minimum Gasteiger partial charge on any atom is -0.464 e. The maximum absolute atomic E-state index is 10.7. The van der Waals surface area contributed by atoms with Crippen LogP contribution in [0, 0.1) is 0 Å². The molecule has 1 N–H and O–H groups in total. The van der Waals surface area contributed by atoms with E-state index in [1.807, 2.05) is 11.9 Å². The molecule has 0 radical (unpaired) electrons. The molecule has 1 heterocycles. The first kappa shape index (κ1) is 9.32. The average Bonchev–Trinajstić information content (AvgIpc) is 2.07. The Morgan fingerprint density at radius 2 is 2.00 bits per heavy atom. The maximum atomic E-state index is 10.7. The molecule has 0 aromatic heterocycles. The molecule has 70 valence electrons. The predicted octanol–water partition coefficient (Wildman–Crippen LogP) is 1.39. The summed E-state index contributed by atoms with van der Waals surface area (Å²) in [6.45, 7) is 4.19. The summed E-state index contributed by atoms with van der Waals surface area (Å²) in [6, 6.07) is 0. The molecule has 1 aliphatic heterocycles. The van der Waals surface area contributed by atoms with Crippen molar-refractivity contribution in [3.05, 3.63) is 0 Å². The molecule has 0 aromatic rings. The zero-order chi connectivity index (χ0) is 8.97. The van der Waals surface area contributed by atoms with Crippen LogP contribution < -0.4 is 0 Å². The molecule has 1 amide bonds. The van der Waals surface area contributed by atoms with Crippen molar-refractivity contribution in [2.45, 2.75) is 26.2 Å². The van der Waals surface area contributed by atoms with Crippen molar-refractivity contribution in [1.82, 2.24) is 10.0 Å². The minimum absolute atomic E-state index is 0.551. The number of rotatable bonds is 2. The van der Waals surface area contributed by atoms with Crippen molar-refractivity contribution in [2.24, 2.45) is 0 Å². The second kappa shape index (κ2) is 4.30. The third kappa shape index (κ3) is 2.11. The number of hydrazine groups is 1. The molecule has 0 aliphatic carbocycles. The quantitative estimate of drug-likeness (QED) is 0.684. The van der Waals surface area contributed by atoms with Gasteiger partial charge in [-0.25, -0.2) is 14.8 Å². The van der Waals surface area contributed by atoms with Crippen molar-refractivity contribution < 1.29 is 9.90 Å². The molecule has 12 heavy (non-hydrogen) atoms. The van der Waals surface area contributed by atoms with Crippen LogP contribution in [0.5, 0.6) is 0 Å². The molecule has 0 atom stereocenters. The van der Waals surface area contributed by atoms with Crippen molar-refractivity contribution in [2.75, 3.05) is 19.6 Å². The van der Waals surface area contributed by atoms with Gasteiger partial charge < -0.3 is 5.11 Å². The Balaban J connectivity index is 2.46. The number of carbonyl (C=O) groups is 1. The second-order valence-corrected chi connectivity index (χ2v) is 3.01. The maximum Gasteiger partial charge on any atom is 0.421 e. The Bertz CT molecular complexity index is 155. The number of hydrogen-bond acceptors (Lipinski definition) is 2. The lowest BCUT2D eigenvalue weighted by Crippen LogP contribution is -2.48. The molecule has 0 spiro atoms. The number of hydrogen-bond donors (Lipinski definition) is 1. The molecule has 1 rings (SSSR count). The zero-order valence-electron chi connectivity index (χ0n) is 7.49. The van der Waals surface area contributed by atoms with Crippen LogP contribution in [0.3, 0.4) is 0 Å². The molecule has 0 aromatic carbocycles. The van der Waals surface area contributed by atoms with E-state index in [9.17, 15) is 4.79 Å². The highest BCUT2D eigenvalue weighted by atomic mass is 16.4. The van der Waals surface area contributed by atoms with Gasteiger partial charge in [-0.2, -0.15) is 0 Å². The van der Waals surface area contributed by atoms with E-state index in [-0.39, 0.29) is 0 Å². The molecule has 4 heteroatoms. The van der Waals surface area contributed by atoms with Gasteiger partial charge in [-0.1, -0.05) is 6.42 Å². The fourth-order valence-electron chi connectivity index (χ4n) is 1.57. The van der Waals surface area contributed by atoms with E-state index < -0.39 is 6.09 Å². The average molecular weight is 172 g/mol. The highest BCUT2D eigenvalue weighted by molar-refractivity contribution is 5.64. The van der Waals surface area contributed by atoms with E-state index in [0.29, 0.717) is 6.54 Å². The third-order valence-electron chi connectivity index (χ3n) is 2.19. The van der Waals surface area contributed by atoms with Gasteiger partial charge in [-0.15, -0.1) is 0 Å². The molecule has 0 saturated carbocycles. The molecule has 1 fully saturated rings. The molecule has 1 saturated heterocycles. The lowest BCUT2D eigenvalue weighted by atomic mass is 10.2. The molecule has 1 aliphatic rings. The van der Waals surface area contributed by atoms with Crippen LogP contribution in [0.4, 0.5) is 4.79 Å². The van der Waals surface area contributed by atoms with Crippen molar-refractivity contribution in [1.29, 1.82) is 0 Å². The highest BCUT2D eigenvalue weighted by Crippen LogP contribution is 2.11. The summed E-state index contributed by atoms with van der Waals surface area (Å²) >= 11 is 0. The summed E-state index contributed by atoms with van der Waals surface area (Å²) in [5, 5.41) is 12.1. The van der Waals surface area contributed by atoms with Gasteiger partial charge in [0.15, 0.2) is 0 Å². The Hall–Kier alpha value is -0.770. The van der Waals surface area contributed by atoms with Crippen LogP contribution in [0.1, 0.15) is 26.2 Å². The first-order chi connectivity index (χ1) is 5.75. The topological polar surface area (TPSA) is 43.8 Å². The lowest BCUT2D eigenvalue weighted by Gasteiger charge is -2.34. The number of nitrogens with zero attached hydrogens (tertiary/aromatic N) is 2. The van der Waals surface area contributed by atoms with E-state index >= 15 is 0 Å². The van der Waals surface area contributed by atoms with Gasteiger partial charge in [0.05, 0.1) is 0 Å². The van der Waals surface area contributed by atoms with Crippen LogP contribution in [-0.2, 0) is 0 Å². The molecular formula is C8H16N2O2. The van der Waals surface area contributed by atoms with E-state index in [2.05, 4.69) is 0 Å². The Morgan fingerprint density at radius 3 is 2.42 bits per heavy atom. The Labute approximate surface area is 72.7 Å². The van der Waals surface area contributed by atoms with E-state index in [4.69, 9.17) is 5.11 Å². The molecule has 0 bridgehead atoms. The minimum atomic E-state index is -0.834. The van der Waals surface area contributed by atoms with Crippen LogP contribution in [-0.4, -0.2) is 40.9 Å². The standard InChI is InChI=1S/C8H16N2O2/c1-2-10(8(11)12)9-6-4-3-5-7-9/h2-7H2,1H3,(H,11,12). The second-order valence-electron chi connectivity index (χ2n) is 3.01. The fraction of sp³-hybridized carbons (Fsp3) is 0.875. The van der Waals surface area contributed by atoms with Crippen LogP contribution in [0.2, 0.25) is 0 Å². The van der Waals surface area contributed by atoms with Crippen molar-refractivity contribution >= 4 is 6.09 Å². The van der Waals surface area contributed by atoms with Gasteiger partial charge in [0.2, 0.25) is 0 Å². The summed E-state index contributed by atoms with van der Waals surface area (Å²) in [7, 11) is 0. The summed E-state index contributed by atoms with van der Waals surface area (Å²) in [6.07, 6.45) is 2.63. The van der Waals surface area contributed by atoms with Gasteiger partial charge >= 0.3 is 6.09 Å². The van der Waals surface area contributed by atoms with Gasteiger partial charge in [0.1, 0.15) is 0 Å². The number of amides is 1. The van der Waals surface area contributed by atoms with Crippen molar-refractivity contribution in [3.8, 4) is 0 Å². The number of carboxylic acid groups (broad SMARTS) is 1. The summed E-state index contributed by atoms with van der Waals surface area (Å²) < 4.78 is 0. The normalized spacial score (nSPS) is 19.1. The van der Waals surface area contributed by atoms with Gasteiger partial charge in [-0.3, -0.25) is 0 Å². The molecule has 4 nitrogen and oxygen atoms in total. The van der Waals surface area contributed by atoms with Crippen LogP contribution in [0.15, 0.2) is 0 Å². The summed E-state index contributed by atoms with van der Waals surface area (Å²) in [4.78, 5) is 10.7. The smallest absolute Gasteiger partial charge is 0.421 e. The van der Waals surface area contributed by atoms with Crippen LogP contribution >= 0.6 is 0 Å². The highest BCUT2D eigenvalue weighted by Gasteiger charge is 2.20. The molecular weight excluding hydrogens is 156 g/mol. The Kier molecular flexibility index (Phi) is 3.34. The van der Waals surface area contributed by atoms with Crippen LogP contribution in [0.25, 0.3) is 0 Å². The first-order valence-corrected chi connectivity index (χ1v) is 4.51. The van der Waals surface area contributed by atoms with Gasteiger partial charge in [-0.05, 0) is 19.8 Å². The Morgan fingerprint density at radius 1 is 1.42 bits per heavy atom. The summed E-state index contributed by atoms with van der Waals surface area (Å²) in [5.74, 6) is 0. The lowest BCUT2D eigenvalue weighted by molar-refractivity contribution is -0.0183. The summed E-state index contributed by atoms with van der Waals surface area (Å²) in [5.41, 5.74) is 0. The van der Waals surface area contributed by atoms with Crippen molar-refractivity contribution in [3.63, 3.8) is 0 Å². The van der Waals surface area contributed by atoms with E-state index in [0.717, 1.165) is 25.9 Å². The SMILES string of the molecule is CCN(C(=O)O)N1CCCCC1. The van der Waals surface area contributed by atoms with Gasteiger partial charge in [0, 0.05) is 19.6 Å². The van der Waals surface area contributed by atoms with Gasteiger partial charge in [0.25, 0.3) is 0 Å². The fourth-order valence-corrected chi connectivity index (χ4v) is 1.57. The predicted molar refractivity (Wildman–Crippen MR) is 45.8 cm³/mol. The largest absolute Gasteiger partial charge is 0.464 e. The zero-order valence-corrected chi connectivity index (χ0v) is 7.49. The number of piperidine rings is 1. The third-order valence-corrected chi connectivity index (χ3v) is 2.19. The van der Waals surface area contributed by atoms with E-state index in [1.54, 1.807) is 0 Å². The van der Waals surface area contributed by atoms with E-state index in [1.165, 1.54) is 11.4 Å². The first-order valence-electron chi connectivity index (χ1n) is 4.51.